The number of hydrogen-bond acceptors (Lipinski definition) is 4. The minimum absolute atomic E-state index is 0.0686. The Bertz CT molecular complexity index is 1090. The van der Waals surface area contributed by atoms with Gasteiger partial charge in [-0.2, -0.15) is 0 Å². The molecule has 1 aliphatic rings. The van der Waals surface area contributed by atoms with Gasteiger partial charge in [0.25, 0.3) is 5.91 Å². The van der Waals surface area contributed by atoms with Gasteiger partial charge in [0, 0.05) is 37.1 Å². The summed E-state index contributed by atoms with van der Waals surface area (Å²) in [6.07, 6.45) is 9.17. The van der Waals surface area contributed by atoms with E-state index >= 15 is 0 Å². The van der Waals surface area contributed by atoms with Gasteiger partial charge in [-0.15, -0.1) is 10.2 Å². The van der Waals surface area contributed by atoms with E-state index in [0.717, 1.165) is 42.8 Å². The Kier molecular flexibility index (Phi) is 4.12. The van der Waals surface area contributed by atoms with Crippen molar-refractivity contribution in [3.8, 4) is 11.3 Å². The van der Waals surface area contributed by atoms with E-state index in [1.54, 1.807) is 12.7 Å². The standard InChI is InChI=1S/C21H20N6O/c28-21(25-10-8-18(9-11-25)27-14-22-23-15-27)17-6-7-20-24-19(13-26(20)12-17)16-4-2-1-3-5-16/h1-7,12-15,18H,8-11H2. The number of rotatable bonds is 3. The Labute approximate surface area is 162 Å². The summed E-state index contributed by atoms with van der Waals surface area (Å²) < 4.78 is 3.96. The fourth-order valence-corrected chi connectivity index (χ4v) is 3.81. The number of fused-ring (bicyclic) bond motifs is 1. The molecule has 0 N–H and O–H groups in total. The van der Waals surface area contributed by atoms with Crippen LogP contribution in [0, 0.1) is 0 Å². The maximum absolute atomic E-state index is 13.0. The van der Waals surface area contributed by atoms with E-state index in [0.29, 0.717) is 11.6 Å². The van der Waals surface area contributed by atoms with Crippen molar-refractivity contribution in [3.63, 3.8) is 0 Å². The summed E-state index contributed by atoms with van der Waals surface area (Å²) in [4.78, 5) is 19.6. The predicted molar refractivity (Wildman–Crippen MR) is 105 cm³/mol. The van der Waals surface area contributed by atoms with Gasteiger partial charge in [0.05, 0.1) is 11.3 Å². The van der Waals surface area contributed by atoms with E-state index in [1.165, 1.54) is 0 Å². The highest BCUT2D eigenvalue weighted by Crippen LogP contribution is 2.24. The summed E-state index contributed by atoms with van der Waals surface area (Å²) in [5, 5.41) is 7.75. The number of benzene rings is 1. The molecule has 0 aliphatic carbocycles. The van der Waals surface area contributed by atoms with E-state index in [9.17, 15) is 4.79 Å². The number of carbonyl (C=O) groups is 1. The van der Waals surface area contributed by atoms with Crippen molar-refractivity contribution in [2.24, 2.45) is 0 Å². The average molecular weight is 372 g/mol. The number of imidazole rings is 1. The van der Waals surface area contributed by atoms with Gasteiger partial charge in [-0.3, -0.25) is 4.79 Å². The van der Waals surface area contributed by atoms with Crippen LogP contribution in [-0.4, -0.2) is 48.0 Å². The Balaban J connectivity index is 1.34. The lowest BCUT2D eigenvalue weighted by atomic mass is 10.0. The number of aromatic nitrogens is 5. The molecule has 3 aromatic heterocycles. The molecule has 0 unspecified atom stereocenters. The number of carbonyl (C=O) groups excluding carboxylic acids is 1. The Morgan fingerprint density at radius 1 is 0.929 bits per heavy atom. The second-order valence-corrected chi connectivity index (χ2v) is 7.11. The second-order valence-electron chi connectivity index (χ2n) is 7.11. The number of piperidine rings is 1. The lowest BCUT2D eigenvalue weighted by Gasteiger charge is -2.32. The molecular weight excluding hydrogens is 352 g/mol. The van der Waals surface area contributed by atoms with E-state index < -0.39 is 0 Å². The van der Waals surface area contributed by atoms with Gasteiger partial charge >= 0.3 is 0 Å². The third-order valence-corrected chi connectivity index (χ3v) is 5.38. The molecule has 1 aliphatic heterocycles. The van der Waals surface area contributed by atoms with E-state index in [1.807, 2.05) is 68.7 Å². The molecule has 7 heteroatoms. The molecule has 1 fully saturated rings. The normalized spacial score (nSPS) is 15.2. The molecule has 28 heavy (non-hydrogen) atoms. The molecular formula is C21H20N6O. The second kappa shape index (κ2) is 6.92. The zero-order valence-electron chi connectivity index (χ0n) is 15.3. The summed E-state index contributed by atoms with van der Waals surface area (Å²) in [6.45, 7) is 1.47. The molecule has 1 saturated heterocycles. The van der Waals surface area contributed by atoms with Crippen molar-refractivity contribution in [3.05, 3.63) is 73.1 Å². The van der Waals surface area contributed by atoms with Gasteiger partial charge in [-0.25, -0.2) is 4.98 Å². The van der Waals surface area contributed by atoms with Gasteiger partial charge in [-0.1, -0.05) is 30.3 Å². The van der Waals surface area contributed by atoms with Crippen molar-refractivity contribution in [1.29, 1.82) is 0 Å². The molecule has 7 nitrogen and oxygen atoms in total. The van der Waals surface area contributed by atoms with Gasteiger partial charge in [0.15, 0.2) is 0 Å². The topological polar surface area (TPSA) is 68.3 Å². The van der Waals surface area contributed by atoms with E-state index in [2.05, 4.69) is 15.2 Å². The minimum atomic E-state index is 0.0686. The van der Waals surface area contributed by atoms with Crippen LogP contribution in [0.1, 0.15) is 29.2 Å². The molecule has 0 spiro atoms. The molecule has 0 atom stereocenters. The number of pyridine rings is 1. The fraction of sp³-hybridized carbons (Fsp3) is 0.238. The van der Waals surface area contributed by atoms with Crippen LogP contribution in [0.3, 0.4) is 0 Å². The highest BCUT2D eigenvalue weighted by Gasteiger charge is 2.24. The summed E-state index contributed by atoms with van der Waals surface area (Å²) in [6, 6.07) is 14.2. The number of amides is 1. The maximum Gasteiger partial charge on any atom is 0.255 e. The molecule has 0 radical (unpaired) electrons. The third kappa shape index (κ3) is 3.05. The largest absolute Gasteiger partial charge is 0.338 e. The minimum Gasteiger partial charge on any atom is -0.338 e. The Morgan fingerprint density at radius 2 is 1.68 bits per heavy atom. The van der Waals surface area contributed by atoms with Crippen LogP contribution in [0.4, 0.5) is 0 Å². The van der Waals surface area contributed by atoms with Crippen LogP contribution in [0.5, 0.6) is 0 Å². The first-order valence-electron chi connectivity index (χ1n) is 9.45. The molecule has 0 saturated carbocycles. The monoisotopic (exact) mass is 372 g/mol. The maximum atomic E-state index is 13.0. The molecule has 1 aromatic carbocycles. The van der Waals surface area contributed by atoms with Crippen LogP contribution >= 0.6 is 0 Å². The van der Waals surface area contributed by atoms with E-state index in [-0.39, 0.29) is 5.91 Å². The fourth-order valence-electron chi connectivity index (χ4n) is 3.81. The summed E-state index contributed by atoms with van der Waals surface area (Å²) in [5.41, 5.74) is 3.49. The van der Waals surface area contributed by atoms with Gasteiger partial charge in [0.2, 0.25) is 0 Å². The molecule has 0 bridgehead atoms. The van der Waals surface area contributed by atoms with Crippen LogP contribution in [0.15, 0.2) is 67.5 Å². The Morgan fingerprint density at radius 3 is 2.43 bits per heavy atom. The van der Waals surface area contributed by atoms with Crippen LogP contribution < -0.4 is 0 Å². The van der Waals surface area contributed by atoms with Crippen molar-refractivity contribution >= 4 is 11.6 Å². The quantitative estimate of drug-likeness (QED) is 0.554. The van der Waals surface area contributed by atoms with Gasteiger partial charge in [-0.05, 0) is 25.0 Å². The van der Waals surface area contributed by atoms with Crippen molar-refractivity contribution in [2.45, 2.75) is 18.9 Å². The van der Waals surface area contributed by atoms with Crippen LogP contribution in [0.25, 0.3) is 16.9 Å². The van der Waals surface area contributed by atoms with Gasteiger partial charge in [0.1, 0.15) is 18.3 Å². The number of likely N-dealkylation sites (tertiary alicyclic amines) is 1. The zero-order chi connectivity index (χ0) is 18.9. The molecule has 1 amide bonds. The van der Waals surface area contributed by atoms with Crippen LogP contribution in [-0.2, 0) is 0 Å². The van der Waals surface area contributed by atoms with Crippen molar-refractivity contribution in [2.75, 3.05) is 13.1 Å². The summed E-state index contributed by atoms with van der Waals surface area (Å²) in [7, 11) is 0. The molecule has 4 heterocycles. The van der Waals surface area contributed by atoms with E-state index in [4.69, 9.17) is 0 Å². The smallest absolute Gasteiger partial charge is 0.255 e. The predicted octanol–water partition coefficient (Wildman–Crippen LogP) is 3.07. The highest BCUT2D eigenvalue weighted by molar-refractivity contribution is 5.94. The first kappa shape index (κ1) is 16.7. The van der Waals surface area contributed by atoms with Crippen molar-refractivity contribution < 1.29 is 4.79 Å². The molecule has 140 valence electrons. The average Bonchev–Trinajstić information content (AvgIpc) is 3.43. The summed E-state index contributed by atoms with van der Waals surface area (Å²) >= 11 is 0. The lowest BCUT2D eigenvalue weighted by Crippen LogP contribution is -2.39. The van der Waals surface area contributed by atoms with Crippen LogP contribution in [0.2, 0.25) is 0 Å². The number of nitrogens with zero attached hydrogens (tertiary/aromatic N) is 6. The number of hydrogen-bond donors (Lipinski definition) is 0. The van der Waals surface area contributed by atoms with Crippen molar-refractivity contribution in [1.82, 2.24) is 29.0 Å². The first-order valence-corrected chi connectivity index (χ1v) is 9.45. The SMILES string of the molecule is O=C(c1ccc2nc(-c3ccccc3)cn2c1)N1CCC(n2cnnc2)CC1. The lowest BCUT2D eigenvalue weighted by molar-refractivity contribution is 0.0694. The zero-order valence-corrected chi connectivity index (χ0v) is 15.3. The highest BCUT2D eigenvalue weighted by atomic mass is 16.2. The summed E-state index contributed by atoms with van der Waals surface area (Å²) in [5.74, 6) is 0.0686. The molecule has 5 rings (SSSR count). The molecule has 4 aromatic rings. The van der Waals surface area contributed by atoms with Gasteiger partial charge < -0.3 is 13.9 Å². The first-order chi connectivity index (χ1) is 13.8. The third-order valence-electron chi connectivity index (χ3n) is 5.38. The Hall–Kier alpha value is -3.48.